The van der Waals surface area contributed by atoms with Gasteiger partial charge < -0.3 is 182 Å². The molecule has 47 heteroatoms. The van der Waals surface area contributed by atoms with Gasteiger partial charge in [0.05, 0.1) is 448 Å². The maximum atomic E-state index is 13.7. The Morgan fingerprint density at radius 3 is 0.903 bits per heavy atom. The number of amides is 1. The summed E-state index contributed by atoms with van der Waals surface area (Å²) in [6.45, 7) is 34.3. The van der Waals surface area contributed by atoms with E-state index in [0.29, 0.717) is 415 Å². The molecular weight excluding hydrogens is 1920 g/mol. The number of aryl methyl sites for hydroxylation is 1. The first-order valence-electron chi connectivity index (χ1n) is 50.4. The van der Waals surface area contributed by atoms with Gasteiger partial charge in [0.2, 0.25) is 23.3 Å². The lowest BCUT2D eigenvalue weighted by atomic mass is 10.1. The number of unbranched alkanes of at least 4 members (excludes halogenated alkanes) is 1. The number of piperazine rings is 1. The number of carbonyl (C=O) groups is 2. The number of nitrogens with two attached hydrogens (primary N) is 1. The number of imidazole rings is 1. The molecule has 3 heterocycles. The SMILES string of the molecule is CCCCc1nc2c([nH]1)c(N)nc1ccc(N3CCN(CCOCCN(CCOCCOCCOCCOCCOCCOCCOCCOCCC(=O)Oc4c(F)c(F)cc(F)c4F)C(=O)CCOCCOCCOCCOCCOCCOCCOCCOCCOCCOCCOCCOCCOCCOCCOCCOCCOCCOCCOCCOCCOCCOCCOCCOC)CC3)cc12. The number of aromatic nitrogens is 3. The topological polar surface area (TPSA) is 425 Å². The smallest absolute Gasteiger partial charge is 0.313 e. The molecule has 2 aromatic carbocycles. The fourth-order valence-corrected chi connectivity index (χ4v) is 12.7. The molecule has 0 radical (unpaired) electrons. The highest BCUT2D eigenvalue weighted by Gasteiger charge is 2.25. The molecule has 144 heavy (non-hydrogen) atoms. The van der Waals surface area contributed by atoms with Crippen LogP contribution in [0.5, 0.6) is 5.75 Å². The van der Waals surface area contributed by atoms with Gasteiger partial charge in [-0.05, 0) is 24.6 Å². The second-order valence-electron chi connectivity index (χ2n) is 31.3. The number of hydrogen-bond donors (Lipinski definition) is 2. The number of esters is 1. The van der Waals surface area contributed by atoms with Crippen molar-refractivity contribution in [3.8, 4) is 5.75 Å². The maximum Gasteiger partial charge on any atom is 0.313 e. The predicted octanol–water partition coefficient (Wildman–Crippen LogP) is 5.11. The van der Waals surface area contributed by atoms with Crippen molar-refractivity contribution in [1.82, 2.24) is 24.8 Å². The molecule has 1 aliphatic rings. The van der Waals surface area contributed by atoms with Crippen LogP contribution in [0, 0.1) is 23.3 Å². The van der Waals surface area contributed by atoms with Crippen molar-refractivity contribution in [2.75, 3.05) is 493 Å². The average molecular weight is 2080 g/mol. The van der Waals surface area contributed by atoms with Crippen molar-refractivity contribution in [2.45, 2.75) is 39.0 Å². The van der Waals surface area contributed by atoms with Crippen LogP contribution in [0.2, 0.25) is 0 Å². The first-order valence-corrected chi connectivity index (χ1v) is 50.4. The molecule has 1 fully saturated rings. The Hall–Kier alpha value is -5.78. The minimum absolute atomic E-state index is 0.0150. The van der Waals surface area contributed by atoms with Crippen molar-refractivity contribution in [3.05, 3.63) is 53.4 Å². The van der Waals surface area contributed by atoms with Crippen molar-refractivity contribution in [3.63, 3.8) is 0 Å². The second kappa shape index (κ2) is 95.6. The molecule has 2 aromatic heterocycles. The molecule has 834 valence electrons. The van der Waals surface area contributed by atoms with E-state index in [2.05, 4.69) is 43.6 Å². The lowest BCUT2D eigenvalue weighted by molar-refractivity contribution is -0.136. The van der Waals surface area contributed by atoms with Crippen molar-refractivity contribution in [2.24, 2.45) is 0 Å². The molecule has 0 saturated carbocycles. The normalized spacial score (nSPS) is 12.6. The molecule has 1 amide bonds. The zero-order chi connectivity index (χ0) is 102. The Bertz CT molecular complexity index is 3570. The number of methoxy groups -OCH3 is 1. The van der Waals surface area contributed by atoms with Gasteiger partial charge in [-0.15, -0.1) is 0 Å². The predicted molar refractivity (Wildman–Crippen MR) is 519 cm³/mol. The van der Waals surface area contributed by atoms with Crippen LogP contribution >= 0.6 is 0 Å². The minimum Gasteiger partial charge on any atom is -0.420 e. The maximum absolute atomic E-state index is 13.7. The number of halogens is 4. The zero-order valence-electron chi connectivity index (χ0n) is 85.3. The number of pyridine rings is 1. The van der Waals surface area contributed by atoms with Gasteiger partial charge in [-0.1, -0.05) is 13.3 Å². The number of fused-ring (bicyclic) bond motifs is 3. The number of anilines is 2. The summed E-state index contributed by atoms with van der Waals surface area (Å²) in [6.07, 6.45) is 2.75. The number of rotatable bonds is 110. The third kappa shape index (κ3) is 71.1. The van der Waals surface area contributed by atoms with Crippen LogP contribution in [0.15, 0.2) is 24.3 Å². The first kappa shape index (κ1) is 129. The molecule has 0 atom stereocenters. The van der Waals surface area contributed by atoms with Gasteiger partial charge in [-0.2, -0.15) is 8.78 Å². The molecule has 0 aliphatic carbocycles. The van der Waals surface area contributed by atoms with E-state index in [1.165, 1.54) is 0 Å². The number of aromatic amines is 1. The summed E-state index contributed by atoms with van der Waals surface area (Å²) in [5.41, 5.74) is 9.96. The summed E-state index contributed by atoms with van der Waals surface area (Å²) in [6, 6.07) is 6.33. The van der Waals surface area contributed by atoms with E-state index in [4.69, 9.17) is 167 Å². The largest absolute Gasteiger partial charge is 0.420 e. The van der Waals surface area contributed by atoms with Crippen LogP contribution in [0.1, 0.15) is 38.4 Å². The highest BCUT2D eigenvalue weighted by molar-refractivity contribution is 6.07. The molecule has 4 aromatic rings. The van der Waals surface area contributed by atoms with Gasteiger partial charge >= 0.3 is 5.97 Å². The second-order valence-corrected chi connectivity index (χ2v) is 31.3. The van der Waals surface area contributed by atoms with Gasteiger partial charge in [-0.3, -0.25) is 14.5 Å². The van der Waals surface area contributed by atoms with Gasteiger partial charge in [0.25, 0.3) is 0 Å². The zero-order valence-corrected chi connectivity index (χ0v) is 85.3. The number of carbonyl (C=O) groups excluding carboxylic acids is 2. The van der Waals surface area contributed by atoms with Gasteiger partial charge in [0.1, 0.15) is 22.7 Å². The van der Waals surface area contributed by atoms with Crippen LogP contribution in [0.4, 0.5) is 29.1 Å². The van der Waals surface area contributed by atoms with Crippen LogP contribution in [-0.2, 0) is 172 Å². The Morgan fingerprint density at radius 1 is 0.340 bits per heavy atom. The molecule has 0 unspecified atom stereocenters. The monoisotopic (exact) mass is 2080 g/mol. The fourth-order valence-electron chi connectivity index (χ4n) is 12.7. The van der Waals surface area contributed by atoms with E-state index in [0.717, 1.165) is 85.4 Å². The van der Waals surface area contributed by atoms with Crippen LogP contribution in [-0.4, -0.2) is 519 Å². The molecule has 1 saturated heterocycles. The third-order valence-corrected chi connectivity index (χ3v) is 20.3. The molecule has 43 nitrogen and oxygen atoms in total. The minimum atomic E-state index is -1.81. The number of H-pyrrole nitrogens is 1. The van der Waals surface area contributed by atoms with E-state index in [-0.39, 0.29) is 51.4 Å². The van der Waals surface area contributed by atoms with Crippen molar-refractivity contribution < 1.29 is 188 Å². The summed E-state index contributed by atoms with van der Waals surface area (Å²) in [5.74, 6) is -8.25. The number of nitrogen functional groups attached to an aromatic ring is 1. The molecule has 0 bridgehead atoms. The number of nitrogens with one attached hydrogen (secondary N) is 1. The first-order chi connectivity index (χ1) is 71.1. The Morgan fingerprint density at radius 2 is 0.611 bits per heavy atom. The van der Waals surface area contributed by atoms with E-state index in [1.807, 2.05) is 6.07 Å². The number of nitrogens with zero attached hydrogens (tertiary/aromatic N) is 5. The summed E-state index contributed by atoms with van der Waals surface area (Å²) in [4.78, 5) is 45.0. The van der Waals surface area contributed by atoms with E-state index < -0.39 is 41.4 Å². The van der Waals surface area contributed by atoms with Crippen molar-refractivity contribution >= 4 is 45.3 Å². The molecule has 3 N–H and O–H groups in total. The standard InChI is InChI=1S/C97H167F4N7O36/c1-3-4-5-89-104-94-85-82-84(6-7-88(85)103-97(102)95(94)105-89)107-12-10-106(11-13-107)14-19-114-20-15-108(16-21-115-26-29-119-34-37-123-42-45-127-50-48-126-44-41-122-36-33-118-28-25-113-18-9-91(110)144-96-92(100)86(98)83-87(99)93(96)101)90(109)8-17-112-24-27-117-32-35-121-40-43-125-49-51-129-54-55-131-58-59-133-62-63-135-66-67-137-70-71-139-74-75-141-78-79-143-81-80-142-77-76-140-73-72-138-69-68-136-65-64-134-61-60-132-57-56-130-53-52-128-47-46-124-39-38-120-31-30-116-23-22-111-2/h6-7,82-83H,3-5,8-81H2,1-2H3,(H2,102,103)(H,104,105). The third-order valence-electron chi connectivity index (χ3n) is 20.3. The van der Waals surface area contributed by atoms with E-state index in [9.17, 15) is 27.2 Å². The van der Waals surface area contributed by atoms with Gasteiger partial charge in [0.15, 0.2) is 11.6 Å². The van der Waals surface area contributed by atoms with Crippen LogP contribution in [0.3, 0.4) is 0 Å². The summed E-state index contributed by atoms with van der Waals surface area (Å²) in [7, 11) is 1.64. The van der Waals surface area contributed by atoms with Crippen LogP contribution in [0.25, 0.3) is 21.9 Å². The highest BCUT2D eigenvalue weighted by atomic mass is 19.2. The fraction of sp³-hybridized carbons (Fsp3) is 0.814. The Labute approximate surface area is 846 Å². The lowest BCUT2D eigenvalue weighted by Crippen LogP contribution is -2.47. The number of hydrogen-bond acceptors (Lipinski definition) is 41. The van der Waals surface area contributed by atoms with Crippen molar-refractivity contribution in [1.29, 1.82) is 0 Å². The Kier molecular flexibility index (Phi) is 85.4. The highest BCUT2D eigenvalue weighted by Crippen LogP contribution is 2.31. The molecule has 5 rings (SSSR count). The molecular formula is C97H167F4N7O36. The molecule has 1 aliphatic heterocycles. The Balaban J connectivity index is 0.724. The quantitative estimate of drug-likeness (QED) is 0.0191. The van der Waals surface area contributed by atoms with Crippen LogP contribution < -0.4 is 15.4 Å². The lowest BCUT2D eigenvalue weighted by Gasteiger charge is -2.36. The van der Waals surface area contributed by atoms with Gasteiger partial charge in [0, 0.05) is 76.5 Å². The van der Waals surface area contributed by atoms with E-state index >= 15 is 0 Å². The summed E-state index contributed by atoms with van der Waals surface area (Å²) in [5, 5.41) is 0.988. The average Bonchev–Trinajstić information content (AvgIpc) is 1.60. The summed E-state index contributed by atoms with van der Waals surface area (Å²) < 4.78 is 242. The van der Waals surface area contributed by atoms with E-state index in [1.54, 1.807) is 12.0 Å². The number of ether oxygens (including phenoxy) is 34. The van der Waals surface area contributed by atoms with Gasteiger partial charge in [-0.25, -0.2) is 18.7 Å². The number of benzene rings is 2. The summed E-state index contributed by atoms with van der Waals surface area (Å²) >= 11 is 0. The molecule has 0 spiro atoms.